The quantitative estimate of drug-likeness (QED) is 0.823. The second kappa shape index (κ2) is 7.89. The predicted molar refractivity (Wildman–Crippen MR) is 75.4 cm³/mol. The van der Waals surface area contributed by atoms with Crippen molar-refractivity contribution in [3.8, 4) is 0 Å². The lowest BCUT2D eigenvalue weighted by Gasteiger charge is -2.20. The van der Waals surface area contributed by atoms with Gasteiger partial charge in [-0.05, 0) is 26.8 Å². The Kier molecular flexibility index (Phi) is 6.50. The highest BCUT2D eigenvalue weighted by Crippen LogP contribution is 2.15. The highest BCUT2D eigenvalue weighted by molar-refractivity contribution is 5.76. The molecule has 0 heterocycles. The summed E-state index contributed by atoms with van der Waals surface area (Å²) < 4.78 is 13.5. The Bertz CT molecular complexity index is 405. The summed E-state index contributed by atoms with van der Waals surface area (Å²) in [6.07, 6.45) is 0.445. The molecule has 1 aromatic rings. The fourth-order valence-electron chi connectivity index (χ4n) is 2.07. The van der Waals surface area contributed by atoms with Gasteiger partial charge in [-0.25, -0.2) is 4.39 Å². The van der Waals surface area contributed by atoms with Crippen molar-refractivity contribution in [1.82, 2.24) is 10.2 Å². The molecule has 1 N–H and O–H groups in total. The lowest BCUT2D eigenvalue weighted by molar-refractivity contribution is -0.130. The smallest absolute Gasteiger partial charge is 0.223 e. The topological polar surface area (TPSA) is 32.3 Å². The van der Waals surface area contributed by atoms with Crippen molar-refractivity contribution in [2.45, 2.75) is 33.2 Å². The standard InChI is InChI=1S/C15H23FN2O/c1-4-18(5-2)15(19)10-11-17-12(3)13-8-6-7-9-14(13)16/h6-9,12,17H,4-5,10-11H2,1-3H3. The Labute approximate surface area is 114 Å². The Morgan fingerprint density at radius 3 is 2.53 bits per heavy atom. The van der Waals surface area contributed by atoms with Crippen LogP contribution in [-0.2, 0) is 4.79 Å². The van der Waals surface area contributed by atoms with Gasteiger partial charge >= 0.3 is 0 Å². The molecule has 106 valence electrons. The maximum absolute atomic E-state index is 13.5. The zero-order valence-electron chi connectivity index (χ0n) is 11.9. The van der Waals surface area contributed by atoms with Crippen molar-refractivity contribution in [2.24, 2.45) is 0 Å². The molecule has 3 nitrogen and oxygen atoms in total. The average Bonchev–Trinajstić information content (AvgIpc) is 2.40. The zero-order valence-corrected chi connectivity index (χ0v) is 11.9. The van der Waals surface area contributed by atoms with Crippen molar-refractivity contribution in [2.75, 3.05) is 19.6 Å². The molecule has 19 heavy (non-hydrogen) atoms. The molecule has 0 bridgehead atoms. The first kappa shape index (κ1) is 15.6. The maximum Gasteiger partial charge on any atom is 0.223 e. The van der Waals surface area contributed by atoms with Crippen LogP contribution in [0.4, 0.5) is 4.39 Å². The number of carbonyl (C=O) groups is 1. The van der Waals surface area contributed by atoms with Crippen LogP contribution in [0.3, 0.4) is 0 Å². The van der Waals surface area contributed by atoms with Crippen molar-refractivity contribution < 1.29 is 9.18 Å². The molecular weight excluding hydrogens is 243 g/mol. The minimum Gasteiger partial charge on any atom is -0.343 e. The minimum atomic E-state index is -0.211. The van der Waals surface area contributed by atoms with Gasteiger partial charge < -0.3 is 10.2 Å². The summed E-state index contributed by atoms with van der Waals surface area (Å²) in [7, 11) is 0. The second-order valence-electron chi connectivity index (χ2n) is 4.51. The Balaban J connectivity index is 2.41. The second-order valence-corrected chi connectivity index (χ2v) is 4.51. The van der Waals surface area contributed by atoms with E-state index in [0.29, 0.717) is 18.5 Å². The first-order chi connectivity index (χ1) is 9.10. The van der Waals surface area contributed by atoms with Gasteiger partial charge in [-0.1, -0.05) is 18.2 Å². The summed E-state index contributed by atoms with van der Waals surface area (Å²) in [6, 6.07) is 6.62. The molecule has 0 radical (unpaired) electrons. The summed E-state index contributed by atoms with van der Waals surface area (Å²) in [5.74, 6) is -0.0733. The van der Waals surface area contributed by atoms with E-state index >= 15 is 0 Å². The number of hydrogen-bond acceptors (Lipinski definition) is 2. The molecule has 1 atom stereocenters. The Morgan fingerprint density at radius 1 is 1.32 bits per heavy atom. The highest BCUT2D eigenvalue weighted by Gasteiger charge is 2.12. The summed E-state index contributed by atoms with van der Waals surface area (Å²) in [5, 5.41) is 3.19. The van der Waals surface area contributed by atoms with Gasteiger partial charge in [0.15, 0.2) is 0 Å². The molecule has 0 aliphatic carbocycles. The maximum atomic E-state index is 13.5. The molecule has 0 aliphatic heterocycles. The molecule has 4 heteroatoms. The first-order valence-electron chi connectivity index (χ1n) is 6.85. The van der Waals surface area contributed by atoms with Gasteiger partial charge in [0, 0.05) is 37.7 Å². The molecule has 0 aliphatic rings. The van der Waals surface area contributed by atoms with Crippen LogP contribution in [0.1, 0.15) is 38.8 Å². The van der Waals surface area contributed by atoms with E-state index in [1.165, 1.54) is 6.07 Å². The van der Waals surface area contributed by atoms with Crippen LogP contribution in [-0.4, -0.2) is 30.4 Å². The third-order valence-corrected chi connectivity index (χ3v) is 3.28. The van der Waals surface area contributed by atoms with Crippen LogP contribution >= 0.6 is 0 Å². The SMILES string of the molecule is CCN(CC)C(=O)CCNC(C)c1ccccc1F. The lowest BCUT2D eigenvalue weighted by Crippen LogP contribution is -2.33. The first-order valence-corrected chi connectivity index (χ1v) is 6.85. The molecule has 1 aromatic carbocycles. The van der Waals surface area contributed by atoms with Gasteiger partial charge in [-0.2, -0.15) is 0 Å². The molecule has 1 rings (SSSR count). The monoisotopic (exact) mass is 266 g/mol. The number of nitrogens with zero attached hydrogens (tertiary/aromatic N) is 1. The van der Waals surface area contributed by atoms with E-state index in [1.54, 1.807) is 17.0 Å². The van der Waals surface area contributed by atoms with Crippen LogP contribution in [0.15, 0.2) is 24.3 Å². The summed E-state index contributed by atoms with van der Waals surface area (Å²) in [5.41, 5.74) is 0.637. The van der Waals surface area contributed by atoms with E-state index in [4.69, 9.17) is 0 Å². The molecular formula is C15H23FN2O. The average molecular weight is 266 g/mol. The largest absolute Gasteiger partial charge is 0.343 e. The van der Waals surface area contributed by atoms with E-state index < -0.39 is 0 Å². The summed E-state index contributed by atoms with van der Waals surface area (Å²) in [4.78, 5) is 13.6. The molecule has 0 fully saturated rings. The summed E-state index contributed by atoms with van der Waals surface area (Å²) in [6.45, 7) is 7.87. The van der Waals surface area contributed by atoms with Gasteiger partial charge in [-0.15, -0.1) is 0 Å². The molecule has 1 amide bonds. The number of carbonyl (C=O) groups excluding carboxylic acids is 1. The van der Waals surface area contributed by atoms with Crippen LogP contribution in [0, 0.1) is 5.82 Å². The Hall–Kier alpha value is -1.42. The fourth-order valence-corrected chi connectivity index (χ4v) is 2.07. The molecule has 0 saturated carbocycles. The number of halogens is 1. The lowest BCUT2D eigenvalue weighted by atomic mass is 10.1. The van der Waals surface area contributed by atoms with Gasteiger partial charge in [0.1, 0.15) is 5.82 Å². The Morgan fingerprint density at radius 2 is 1.95 bits per heavy atom. The normalized spacial score (nSPS) is 12.2. The van der Waals surface area contributed by atoms with Crippen LogP contribution in [0.25, 0.3) is 0 Å². The van der Waals surface area contributed by atoms with Crippen LogP contribution < -0.4 is 5.32 Å². The highest BCUT2D eigenvalue weighted by atomic mass is 19.1. The van der Waals surface area contributed by atoms with E-state index in [2.05, 4.69) is 5.32 Å². The van der Waals surface area contributed by atoms with Crippen LogP contribution in [0.2, 0.25) is 0 Å². The molecule has 1 unspecified atom stereocenters. The number of nitrogens with one attached hydrogen (secondary N) is 1. The van der Waals surface area contributed by atoms with Gasteiger partial charge in [0.05, 0.1) is 0 Å². The van der Waals surface area contributed by atoms with E-state index in [1.807, 2.05) is 26.8 Å². The summed E-state index contributed by atoms with van der Waals surface area (Å²) >= 11 is 0. The van der Waals surface area contributed by atoms with E-state index in [0.717, 1.165) is 13.1 Å². The third-order valence-electron chi connectivity index (χ3n) is 3.28. The van der Waals surface area contributed by atoms with E-state index in [-0.39, 0.29) is 17.8 Å². The van der Waals surface area contributed by atoms with Gasteiger partial charge in [0.2, 0.25) is 5.91 Å². The van der Waals surface area contributed by atoms with Gasteiger partial charge in [0.25, 0.3) is 0 Å². The molecule has 0 spiro atoms. The minimum absolute atomic E-state index is 0.0919. The molecule has 0 saturated heterocycles. The number of hydrogen-bond donors (Lipinski definition) is 1. The van der Waals surface area contributed by atoms with Crippen molar-refractivity contribution >= 4 is 5.91 Å². The van der Waals surface area contributed by atoms with Crippen molar-refractivity contribution in [3.63, 3.8) is 0 Å². The zero-order chi connectivity index (χ0) is 14.3. The number of benzene rings is 1. The van der Waals surface area contributed by atoms with Crippen LogP contribution in [0.5, 0.6) is 0 Å². The number of amides is 1. The number of rotatable bonds is 7. The van der Waals surface area contributed by atoms with Gasteiger partial charge in [-0.3, -0.25) is 4.79 Å². The van der Waals surface area contributed by atoms with Crippen molar-refractivity contribution in [1.29, 1.82) is 0 Å². The molecule has 0 aromatic heterocycles. The third kappa shape index (κ3) is 4.63. The van der Waals surface area contributed by atoms with Crippen molar-refractivity contribution in [3.05, 3.63) is 35.6 Å². The van der Waals surface area contributed by atoms with E-state index in [9.17, 15) is 9.18 Å². The predicted octanol–water partition coefficient (Wildman–Crippen LogP) is 2.73. The fraction of sp³-hybridized carbons (Fsp3) is 0.533.